The van der Waals surface area contributed by atoms with Crippen LogP contribution >= 0.6 is 0 Å². The highest BCUT2D eigenvalue weighted by Gasteiger charge is 2.14. The summed E-state index contributed by atoms with van der Waals surface area (Å²) in [6.07, 6.45) is 7.02. The van der Waals surface area contributed by atoms with Crippen LogP contribution in [0, 0.1) is 5.92 Å². The number of hydrogen-bond donors (Lipinski definition) is 1. The van der Waals surface area contributed by atoms with E-state index in [-0.39, 0.29) is 5.69 Å². The van der Waals surface area contributed by atoms with E-state index in [1.54, 1.807) is 6.20 Å². The summed E-state index contributed by atoms with van der Waals surface area (Å²) >= 11 is 0. The van der Waals surface area contributed by atoms with Gasteiger partial charge in [-0.3, -0.25) is 4.98 Å². The fraction of sp³-hybridized carbons (Fsp3) is 0.667. The van der Waals surface area contributed by atoms with Crippen molar-refractivity contribution < 1.29 is 9.53 Å². The van der Waals surface area contributed by atoms with Crippen molar-refractivity contribution in [1.29, 1.82) is 0 Å². The summed E-state index contributed by atoms with van der Waals surface area (Å²) in [5, 5.41) is 3.25. The van der Waals surface area contributed by atoms with E-state index in [4.69, 9.17) is 0 Å². The lowest BCUT2D eigenvalue weighted by atomic mass is 10.1. The van der Waals surface area contributed by atoms with E-state index >= 15 is 0 Å². The highest BCUT2D eigenvalue weighted by molar-refractivity contribution is 5.87. The normalized spacial score (nSPS) is 17.2. The molecule has 116 valence electrons. The van der Waals surface area contributed by atoms with E-state index in [1.165, 1.54) is 45.7 Å². The van der Waals surface area contributed by atoms with Crippen molar-refractivity contribution in [2.45, 2.75) is 26.2 Å². The largest absolute Gasteiger partial charge is 0.464 e. The van der Waals surface area contributed by atoms with Gasteiger partial charge in [-0.1, -0.05) is 13.3 Å². The van der Waals surface area contributed by atoms with Gasteiger partial charge in [0.25, 0.3) is 0 Å². The summed E-state index contributed by atoms with van der Waals surface area (Å²) in [5.41, 5.74) is 0.228. The van der Waals surface area contributed by atoms with Crippen LogP contribution in [0.4, 0.5) is 5.82 Å². The minimum absolute atomic E-state index is 0.228. The molecular weight excluding hydrogens is 268 g/mol. The fourth-order valence-corrected chi connectivity index (χ4v) is 2.58. The Kier molecular flexibility index (Phi) is 5.92. The third-order valence-electron chi connectivity index (χ3n) is 3.68. The first-order valence-corrected chi connectivity index (χ1v) is 7.55. The predicted octanol–water partition coefficient (Wildman–Crippen LogP) is 1.80. The molecule has 1 saturated heterocycles. The molecule has 2 rings (SSSR count). The molecule has 0 radical (unpaired) electrons. The predicted molar refractivity (Wildman–Crippen MR) is 81.3 cm³/mol. The van der Waals surface area contributed by atoms with E-state index in [0.29, 0.717) is 11.7 Å². The number of carbonyl (C=O) groups excluding carboxylic acids is 1. The molecule has 1 aromatic heterocycles. The molecule has 0 amide bonds. The van der Waals surface area contributed by atoms with Gasteiger partial charge in [-0.25, -0.2) is 9.78 Å². The number of rotatable bonds is 6. The molecule has 1 aliphatic rings. The van der Waals surface area contributed by atoms with E-state index in [0.717, 1.165) is 13.1 Å². The third-order valence-corrected chi connectivity index (χ3v) is 3.68. The molecule has 1 unspecified atom stereocenters. The summed E-state index contributed by atoms with van der Waals surface area (Å²) in [7, 11) is 1.34. The first-order chi connectivity index (χ1) is 10.2. The van der Waals surface area contributed by atoms with Gasteiger partial charge in [0.05, 0.1) is 19.5 Å². The molecule has 0 bridgehead atoms. The zero-order valence-electron chi connectivity index (χ0n) is 12.8. The van der Waals surface area contributed by atoms with Gasteiger partial charge in [0.2, 0.25) is 0 Å². The van der Waals surface area contributed by atoms with Crippen LogP contribution in [0.5, 0.6) is 0 Å². The zero-order chi connectivity index (χ0) is 15.1. The van der Waals surface area contributed by atoms with Crippen molar-refractivity contribution in [2.75, 3.05) is 38.6 Å². The number of hydrogen-bond acceptors (Lipinski definition) is 6. The number of anilines is 1. The average molecular weight is 292 g/mol. The van der Waals surface area contributed by atoms with Crippen molar-refractivity contribution in [3.63, 3.8) is 0 Å². The Morgan fingerprint density at radius 2 is 2.14 bits per heavy atom. The Morgan fingerprint density at radius 3 is 2.86 bits per heavy atom. The maximum absolute atomic E-state index is 11.4. The first-order valence-electron chi connectivity index (χ1n) is 7.55. The van der Waals surface area contributed by atoms with E-state index < -0.39 is 5.97 Å². The number of nitrogens with one attached hydrogen (secondary N) is 1. The summed E-state index contributed by atoms with van der Waals surface area (Å²) < 4.78 is 4.64. The van der Waals surface area contributed by atoms with Crippen molar-refractivity contribution in [2.24, 2.45) is 5.92 Å². The lowest BCUT2D eigenvalue weighted by Crippen LogP contribution is -2.35. The van der Waals surface area contributed by atoms with Gasteiger partial charge in [-0.05, 0) is 31.8 Å². The number of methoxy groups -OCH3 is 1. The number of esters is 1. The van der Waals surface area contributed by atoms with Gasteiger partial charge in [0.1, 0.15) is 5.82 Å². The molecule has 0 aliphatic carbocycles. The molecule has 1 aliphatic heterocycles. The fourth-order valence-electron chi connectivity index (χ4n) is 2.58. The van der Waals surface area contributed by atoms with Crippen LogP contribution in [0.25, 0.3) is 0 Å². The van der Waals surface area contributed by atoms with Gasteiger partial charge in [-0.2, -0.15) is 0 Å². The van der Waals surface area contributed by atoms with Crippen LogP contribution in [0.1, 0.15) is 36.7 Å². The molecule has 6 nitrogen and oxygen atoms in total. The minimum Gasteiger partial charge on any atom is -0.464 e. The number of ether oxygens (including phenoxy) is 1. The number of nitrogens with zero attached hydrogens (tertiary/aromatic N) is 3. The van der Waals surface area contributed by atoms with E-state index in [2.05, 4.69) is 31.8 Å². The number of carbonyl (C=O) groups is 1. The number of piperidine rings is 1. The van der Waals surface area contributed by atoms with Crippen molar-refractivity contribution in [3.05, 3.63) is 18.1 Å². The maximum atomic E-state index is 11.4. The maximum Gasteiger partial charge on any atom is 0.358 e. The van der Waals surface area contributed by atoms with Crippen LogP contribution < -0.4 is 5.32 Å². The van der Waals surface area contributed by atoms with Gasteiger partial charge < -0.3 is 15.0 Å². The van der Waals surface area contributed by atoms with Crippen molar-refractivity contribution in [3.8, 4) is 0 Å². The van der Waals surface area contributed by atoms with Crippen LogP contribution in [0.15, 0.2) is 12.4 Å². The molecule has 1 N–H and O–H groups in total. The number of aromatic nitrogens is 2. The minimum atomic E-state index is -0.465. The SMILES string of the molecule is COC(=O)c1cncc(NCC(C)CN2CCCCC2)n1. The van der Waals surface area contributed by atoms with Crippen LogP contribution in [-0.2, 0) is 4.74 Å². The summed E-state index contributed by atoms with van der Waals surface area (Å²) in [5.74, 6) is 0.669. The van der Waals surface area contributed by atoms with E-state index in [9.17, 15) is 4.79 Å². The lowest BCUT2D eigenvalue weighted by molar-refractivity contribution is 0.0593. The Labute approximate surface area is 125 Å². The summed E-state index contributed by atoms with van der Waals surface area (Å²) in [6, 6.07) is 0. The second-order valence-electron chi connectivity index (χ2n) is 5.63. The smallest absolute Gasteiger partial charge is 0.358 e. The molecular formula is C15H24N4O2. The standard InChI is InChI=1S/C15H24N4O2/c1-12(11-19-6-4-3-5-7-19)8-17-14-10-16-9-13(18-14)15(20)21-2/h9-10,12H,3-8,11H2,1-2H3,(H,17,18). The summed E-state index contributed by atoms with van der Waals surface area (Å²) in [4.78, 5) is 22.1. The Balaban J connectivity index is 1.80. The van der Waals surface area contributed by atoms with Crippen LogP contribution in [0.2, 0.25) is 0 Å². The van der Waals surface area contributed by atoms with E-state index in [1.807, 2.05) is 0 Å². The van der Waals surface area contributed by atoms with Gasteiger partial charge >= 0.3 is 5.97 Å². The van der Waals surface area contributed by atoms with Crippen molar-refractivity contribution in [1.82, 2.24) is 14.9 Å². The third kappa shape index (κ3) is 4.97. The van der Waals surface area contributed by atoms with Crippen LogP contribution in [-0.4, -0.2) is 54.1 Å². The quantitative estimate of drug-likeness (QED) is 0.806. The highest BCUT2D eigenvalue weighted by Crippen LogP contribution is 2.11. The molecule has 0 aromatic carbocycles. The Bertz CT molecular complexity index is 461. The average Bonchev–Trinajstić information content (AvgIpc) is 2.53. The molecule has 21 heavy (non-hydrogen) atoms. The molecule has 1 atom stereocenters. The van der Waals surface area contributed by atoms with Gasteiger partial charge in [0.15, 0.2) is 5.69 Å². The molecule has 0 spiro atoms. The molecule has 6 heteroatoms. The second-order valence-corrected chi connectivity index (χ2v) is 5.63. The monoisotopic (exact) mass is 292 g/mol. The second kappa shape index (κ2) is 7.93. The summed E-state index contributed by atoms with van der Waals surface area (Å²) in [6.45, 7) is 6.55. The lowest BCUT2D eigenvalue weighted by Gasteiger charge is -2.29. The number of likely N-dealkylation sites (tertiary alicyclic amines) is 1. The topological polar surface area (TPSA) is 67.3 Å². The van der Waals surface area contributed by atoms with Crippen LogP contribution in [0.3, 0.4) is 0 Å². The molecule has 1 fully saturated rings. The Morgan fingerprint density at radius 1 is 1.38 bits per heavy atom. The molecule has 2 heterocycles. The van der Waals surface area contributed by atoms with Gasteiger partial charge in [-0.15, -0.1) is 0 Å². The van der Waals surface area contributed by atoms with Gasteiger partial charge in [0, 0.05) is 13.1 Å². The van der Waals surface area contributed by atoms with Crippen molar-refractivity contribution >= 4 is 11.8 Å². The Hall–Kier alpha value is -1.69. The first kappa shape index (κ1) is 15.7. The highest BCUT2D eigenvalue weighted by atomic mass is 16.5. The zero-order valence-corrected chi connectivity index (χ0v) is 12.8. The molecule has 1 aromatic rings. The molecule has 0 saturated carbocycles.